The Morgan fingerprint density at radius 3 is 1.71 bits per heavy atom. The van der Waals surface area contributed by atoms with Crippen LogP contribution >= 0.6 is 0 Å². The lowest BCUT2D eigenvalue weighted by Crippen LogP contribution is -2.12. The van der Waals surface area contributed by atoms with Crippen molar-refractivity contribution in [2.24, 2.45) is 11.5 Å². The Morgan fingerprint density at radius 2 is 1.38 bits per heavy atom. The second-order valence-electron chi connectivity index (χ2n) is 4.08. The number of alkyl halides is 3. The summed E-state index contributed by atoms with van der Waals surface area (Å²) < 4.78 is 36.4. The number of rotatable bonds is 2. The number of hydrogen-bond acceptors (Lipinski definition) is 3. The van der Waals surface area contributed by atoms with Crippen LogP contribution in [0.4, 0.5) is 13.2 Å². The molecule has 0 heterocycles. The lowest BCUT2D eigenvalue weighted by atomic mass is 10.1. The highest BCUT2D eigenvalue weighted by molar-refractivity contribution is 5.92. The third kappa shape index (κ3) is 6.93. The number of carbonyl (C=O) groups is 2. The van der Waals surface area contributed by atoms with Crippen LogP contribution in [0.3, 0.4) is 0 Å². The van der Waals surface area contributed by atoms with E-state index in [1.54, 1.807) is 24.3 Å². The van der Waals surface area contributed by atoms with Crippen LogP contribution in [0.2, 0.25) is 0 Å². The van der Waals surface area contributed by atoms with Crippen LogP contribution < -0.4 is 11.5 Å². The maximum absolute atomic E-state index is 12.1. The van der Waals surface area contributed by atoms with Gasteiger partial charge in [0.25, 0.3) is 0 Å². The molecule has 0 bridgehead atoms. The number of hydrogen-bond donors (Lipinski definition) is 3. The van der Waals surface area contributed by atoms with E-state index in [9.17, 15) is 22.8 Å². The van der Waals surface area contributed by atoms with Gasteiger partial charge >= 0.3 is 12.1 Å². The van der Waals surface area contributed by atoms with Gasteiger partial charge in [0.1, 0.15) is 0 Å². The normalized spacial score (nSPS) is 9.71. The predicted octanol–water partition coefficient (Wildman–Crippen LogP) is 2.76. The summed E-state index contributed by atoms with van der Waals surface area (Å²) in [6.45, 7) is 0. The number of aromatic carboxylic acids is 1. The van der Waals surface area contributed by atoms with Crippen molar-refractivity contribution in [3.63, 3.8) is 0 Å². The fraction of sp³-hybridized carbons (Fsp3) is 0.125. The maximum atomic E-state index is 12.1. The lowest BCUT2D eigenvalue weighted by molar-refractivity contribution is -0.138. The Labute approximate surface area is 136 Å². The third-order valence-electron chi connectivity index (χ3n) is 2.52. The molecule has 2 aromatic rings. The van der Waals surface area contributed by atoms with Crippen LogP contribution in [-0.2, 0) is 6.18 Å². The molecule has 0 aliphatic carbocycles. The number of nitrogens with two attached hydrogens (primary N) is 2. The van der Waals surface area contributed by atoms with E-state index in [2.05, 4.69) is 5.73 Å². The van der Waals surface area contributed by atoms with Gasteiger partial charge in [-0.1, -0.05) is 30.3 Å². The largest absolute Gasteiger partial charge is 0.478 e. The van der Waals surface area contributed by atoms with Gasteiger partial charge in [-0.25, -0.2) is 4.79 Å². The Balaban J connectivity index is 0.000000420. The highest BCUT2D eigenvalue weighted by atomic mass is 19.4. The highest BCUT2D eigenvalue weighted by Crippen LogP contribution is 2.31. The molecule has 8 heteroatoms. The van der Waals surface area contributed by atoms with Crippen molar-refractivity contribution in [2.75, 3.05) is 7.05 Å². The van der Waals surface area contributed by atoms with E-state index in [1.165, 1.54) is 13.1 Å². The molecular weight excluding hydrogens is 325 g/mol. The van der Waals surface area contributed by atoms with Crippen LogP contribution in [0, 0.1) is 0 Å². The average molecular weight is 342 g/mol. The summed E-state index contributed by atoms with van der Waals surface area (Å²) in [6, 6.07) is 12.8. The first-order valence-electron chi connectivity index (χ1n) is 6.55. The van der Waals surface area contributed by atoms with E-state index < -0.39 is 23.3 Å². The number of carboxylic acids is 1. The first-order valence-corrected chi connectivity index (χ1v) is 6.55. The number of carboxylic acid groups (broad SMARTS) is 1. The minimum absolute atomic E-state index is 0.379. The molecule has 0 aromatic heterocycles. The molecule has 0 atom stereocenters. The van der Waals surface area contributed by atoms with Gasteiger partial charge in [-0.3, -0.25) is 4.79 Å². The number of benzene rings is 2. The molecule has 0 unspecified atom stereocenters. The molecule has 2 aromatic carbocycles. The van der Waals surface area contributed by atoms with Crippen molar-refractivity contribution in [3.05, 3.63) is 71.3 Å². The Bertz CT molecular complexity index is 659. The summed E-state index contributed by atoms with van der Waals surface area (Å²) >= 11 is 0. The quantitative estimate of drug-likeness (QED) is 0.780. The second kappa shape index (κ2) is 10.0. The smallest absolute Gasteiger partial charge is 0.417 e. The third-order valence-corrected chi connectivity index (χ3v) is 2.52. The zero-order chi connectivity index (χ0) is 18.8. The summed E-state index contributed by atoms with van der Waals surface area (Å²) in [5, 5.41) is 8.43. The molecule has 5 N–H and O–H groups in total. The van der Waals surface area contributed by atoms with Crippen molar-refractivity contribution >= 4 is 11.9 Å². The molecular formula is C16H17F3N2O3. The number of carbonyl (C=O) groups excluding carboxylic acids is 1. The monoisotopic (exact) mass is 342 g/mol. The molecule has 24 heavy (non-hydrogen) atoms. The zero-order valence-corrected chi connectivity index (χ0v) is 12.7. The van der Waals surface area contributed by atoms with E-state index in [0.717, 1.165) is 18.2 Å². The fourth-order valence-corrected chi connectivity index (χ4v) is 1.52. The first kappa shape index (κ1) is 21.1. The zero-order valence-electron chi connectivity index (χ0n) is 12.7. The highest BCUT2D eigenvalue weighted by Gasteiger charge is 2.34. The minimum Gasteiger partial charge on any atom is -0.478 e. The van der Waals surface area contributed by atoms with Crippen molar-refractivity contribution in [1.82, 2.24) is 0 Å². The summed E-state index contributed by atoms with van der Waals surface area (Å²) in [4.78, 5) is 20.8. The maximum Gasteiger partial charge on any atom is 0.417 e. The molecule has 0 radical (unpaired) electrons. The molecule has 0 aliphatic heterocycles. The van der Waals surface area contributed by atoms with Crippen molar-refractivity contribution in [1.29, 1.82) is 0 Å². The van der Waals surface area contributed by atoms with E-state index in [1.807, 2.05) is 6.07 Å². The second-order valence-corrected chi connectivity index (χ2v) is 4.08. The van der Waals surface area contributed by atoms with Crippen LogP contribution in [0.25, 0.3) is 0 Å². The van der Waals surface area contributed by atoms with E-state index in [-0.39, 0.29) is 5.91 Å². The van der Waals surface area contributed by atoms with Gasteiger partial charge in [0.05, 0.1) is 11.1 Å². The molecule has 0 fully saturated rings. The van der Waals surface area contributed by atoms with Crippen molar-refractivity contribution in [3.8, 4) is 0 Å². The van der Waals surface area contributed by atoms with Gasteiger partial charge in [-0.2, -0.15) is 13.2 Å². The minimum atomic E-state index is -4.62. The summed E-state index contributed by atoms with van der Waals surface area (Å²) in [5.41, 5.74) is 8.18. The summed E-state index contributed by atoms with van der Waals surface area (Å²) in [7, 11) is 1.50. The SMILES string of the molecule is CN.NC(=O)c1ccccc1.O=C(O)c1ccccc1C(F)(F)F. The van der Waals surface area contributed by atoms with Gasteiger partial charge in [0, 0.05) is 5.56 Å². The van der Waals surface area contributed by atoms with Gasteiger partial charge in [-0.15, -0.1) is 0 Å². The summed E-state index contributed by atoms with van der Waals surface area (Å²) in [6.07, 6.45) is -4.62. The number of primary amides is 1. The van der Waals surface area contributed by atoms with Crippen molar-refractivity contribution < 1.29 is 27.9 Å². The fourth-order valence-electron chi connectivity index (χ4n) is 1.52. The van der Waals surface area contributed by atoms with Crippen LogP contribution in [0.15, 0.2) is 54.6 Å². The predicted molar refractivity (Wildman–Crippen MR) is 83.5 cm³/mol. The Kier molecular flexibility index (Phi) is 8.81. The van der Waals surface area contributed by atoms with Crippen LogP contribution in [0.5, 0.6) is 0 Å². The standard InChI is InChI=1S/C8H5F3O2.C7H7NO.CH5N/c9-8(10,11)6-4-2-1-3-5(6)7(12)13;8-7(9)6-4-2-1-3-5-6;1-2/h1-4H,(H,12,13);1-5H,(H2,8,9);2H2,1H3. The molecule has 0 spiro atoms. The van der Waals surface area contributed by atoms with Crippen LogP contribution in [-0.4, -0.2) is 24.0 Å². The first-order chi connectivity index (χ1) is 11.2. The van der Waals surface area contributed by atoms with Gasteiger partial charge in [-0.05, 0) is 31.3 Å². The van der Waals surface area contributed by atoms with Crippen molar-refractivity contribution in [2.45, 2.75) is 6.18 Å². The summed E-state index contributed by atoms with van der Waals surface area (Å²) in [5.74, 6) is -1.96. The molecule has 0 saturated carbocycles. The molecule has 5 nitrogen and oxygen atoms in total. The van der Waals surface area contributed by atoms with Crippen LogP contribution in [0.1, 0.15) is 26.3 Å². The Morgan fingerprint density at radius 1 is 0.917 bits per heavy atom. The van der Waals surface area contributed by atoms with E-state index >= 15 is 0 Å². The Hall–Kier alpha value is -2.87. The average Bonchev–Trinajstić information content (AvgIpc) is 2.57. The number of halogens is 3. The molecule has 130 valence electrons. The lowest BCUT2D eigenvalue weighted by Gasteiger charge is -2.08. The van der Waals surface area contributed by atoms with Gasteiger partial charge in [0.15, 0.2) is 0 Å². The topological polar surface area (TPSA) is 106 Å². The van der Waals surface area contributed by atoms with E-state index in [0.29, 0.717) is 5.56 Å². The van der Waals surface area contributed by atoms with Gasteiger partial charge in [0.2, 0.25) is 5.91 Å². The molecule has 0 saturated heterocycles. The molecule has 1 amide bonds. The molecule has 0 aliphatic rings. The van der Waals surface area contributed by atoms with E-state index in [4.69, 9.17) is 10.8 Å². The molecule has 2 rings (SSSR count). The number of amides is 1. The van der Waals surface area contributed by atoms with Gasteiger partial charge < -0.3 is 16.6 Å².